The first kappa shape index (κ1) is 29.5. The van der Waals surface area contributed by atoms with Crippen molar-refractivity contribution in [2.75, 3.05) is 13.2 Å². The molecule has 1 N–H and O–H groups in total. The lowest BCUT2D eigenvalue weighted by Gasteiger charge is -2.44. The lowest BCUT2D eigenvalue weighted by molar-refractivity contribution is -0.270. The molecular weight excluding hydrogens is 538 g/mol. The number of amides is 1. The highest BCUT2D eigenvalue weighted by Gasteiger charge is 2.52. The minimum Gasteiger partial charge on any atom is -0.456 e. The number of benzene rings is 2. The van der Waals surface area contributed by atoms with Crippen molar-refractivity contribution in [3.8, 4) is 11.1 Å². The first-order valence-electron chi connectivity index (χ1n) is 13.0. The fourth-order valence-electron chi connectivity index (χ4n) is 5.14. The van der Waals surface area contributed by atoms with E-state index in [0.717, 1.165) is 43.0 Å². The molecule has 2 aromatic carbocycles. The Labute approximate surface area is 236 Å². The molecule has 0 unspecified atom stereocenters. The quantitative estimate of drug-likeness (QED) is 0.369. The van der Waals surface area contributed by atoms with E-state index in [9.17, 15) is 24.0 Å². The molecule has 4 rings (SSSR count). The zero-order valence-corrected chi connectivity index (χ0v) is 23.0. The van der Waals surface area contributed by atoms with Crippen molar-refractivity contribution in [2.45, 2.75) is 64.3 Å². The summed E-state index contributed by atoms with van der Waals surface area (Å²) < 4.78 is 32.5. The summed E-state index contributed by atoms with van der Waals surface area (Å²) in [7, 11) is 0. The largest absolute Gasteiger partial charge is 0.508 e. The van der Waals surface area contributed by atoms with E-state index in [2.05, 4.69) is 5.32 Å². The van der Waals surface area contributed by atoms with E-state index in [-0.39, 0.29) is 12.5 Å². The summed E-state index contributed by atoms with van der Waals surface area (Å²) in [6.07, 6.45) is -6.40. The first-order chi connectivity index (χ1) is 19.5. The molecule has 5 atom stereocenters. The van der Waals surface area contributed by atoms with Crippen LogP contribution in [0.5, 0.6) is 0 Å². The molecule has 218 valence electrons. The number of carbonyl (C=O) groups is 5. The van der Waals surface area contributed by atoms with Crippen molar-refractivity contribution < 1.29 is 52.4 Å². The van der Waals surface area contributed by atoms with Gasteiger partial charge in [0.25, 0.3) is 0 Å². The zero-order chi connectivity index (χ0) is 29.7. The summed E-state index contributed by atoms with van der Waals surface area (Å²) in [5.74, 6) is -3.02. The van der Waals surface area contributed by atoms with Gasteiger partial charge in [-0.25, -0.2) is 4.79 Å². The zero-order valence-electron chi connectivity index (χ0n) is 23.0. The van der Waals surface area contributed by atoms with Gasteiger partial charge in [-0.2, -0.15) is 0 Å². The summed E-state index contributed by atoms with van der Waals surface area (Å²) in [6.45, 7) is 4.05. The number of carbonyl (C=O) groups excluding carboxylic acids is 5. The van der Waals surface area contributed by atoms with Crippen molar-refractivity contribution in [1.82, 2.24) is 5.32 Å². The molecule has 0 saturated carbocycles. The van der Waals surface area contributed by atoms with Gasteiger partial charge < -0.3 is 33.7 Å². The van der Waals surface area contributed by atoms with E-state index < -0.39 is 67.2 Å². The minimum absolute atomic E-state index is 0.00249. The van der Waals surface area contributed by atoms with Gasteiger partial charge in [-0.15, -0.1) is 0 Å². The number of esters is 3. The second kappa shape index (κ2) is 12.8. The molecule has 0 bridgehead atoms. The van der Waals surface area contributed by atoms with E-state index in [4.69, 9.17) is 28.4 Å². The fraction of sp³-hybridized carbons (Fsp3) is 0.414. The average molecular weight is 570 g/mol. The molecule has 12 nitrogen and oxygen atoms in total. The molecule has 2 aliphatic rings. The first-order valence-corrected chi connectivity index (χ1v) is 13.0. The maximum absolute atomic E-state index is 12.7. The molecule has 1 fully saturated rings. The summed E-state index contributed by atoms with van der Waals surface area (Å²) in [5, 5.41) is 2.51. The highest BCUT2D eigenvalue weighted by molar-refractivity contribution is 5.79. The summed E-state index contributed by atoms with van der Waals surface area (Å²) in [6, 6.07) is 14.5. The van der Waals surface area contributed by atoms with E-state index in [0.29, 0.717) is 0 Å². The van der Waals surface area contributed by atoms with Crippen LogP contribution in [0.2, 0.25) is 0 Å². The average Bonchev–Trinajstić information content (AvgIpc) is 3.22. The predicted molar refractivity (Wildman–Crippen MR) is 140 cm³/mol. The smallest absolute Gasteiger partial charge is 0.456 e. The van der Waals surface area contributed by atoms with E-state index in [1.54, 1.807) is 0 Å². The molecule has 1 aliphatic carbocycles. The summed E-state index contributed by atoms with van der Waals surface area (Å²) >= 11 is 0. The number of nitrogens with one attached hydrogen (secondary N) is 1. The number of ether oxygens (including phenoxy) is 6. The number of fused-ring (bicyclic) bond motifs is 3. The molecule has 1 amide bonds. The molecule has 0 radical (unpaired) electrons. The Morgan fingerprint density at radius 1 is 0.707 bits per heavy atom. The van der Waals surface area contributed by atoms with Crippen LogP contribution >= 0.6 is 0 Å². The normalized spacial score (nSPS) is 22.9. The van der Waals surface area contributed by atoms with Crippen molar-refractivity contribution in [3.05, 3.63) is 59.7 Å². The Balaban J connectivity index is 1.49. The van der Waals surface area contributed by atoms with Gasteiger partial charge in [0.1, 0.15) is 25.4 Å². The number of hydrogen-bond donors (Lipinski definition) is 1. The Bertz CT molecular complexity index is 1280. The molecule has 1 aliphatic heterocycles. The second-order valence-electron chi connectivity index (χ2n) is 9.63. The van der Waals surface area contributed by atoms with E-state index in [1.165, 1.54) is 6.92 Å². The van der Waals surface area contributed by atoms with Gasteiger partial charge in [-0.1, -0.05) is 48.5 Å². The lowest BCUT2D eigenvalue weighted by Crippen LogP contribution is -2.66. The topological polar surface area (TPSA) is 153 Å². The monoisotopic (exact) mass is 569 g/mol. The van der Waals surface area contributed by atoms with Gasteiger partial charge in [0, 0.05) is 33.6 Å². The standard InChI is InChI=1S/C29H31NO11/c1-15(31)30-25-27(39-17(3)33)26(38-16(2)32)24(41-28(25)40-18(4)34)14-37-29(35)36-13-23-21-11-7-5-9-19(21)20-10-6-8-12-22(20)23/h5-12,23-28H,13-14H2,1-4H3,(H,30,31)/t24-,25-,26-,27-,28+/m1/s1. The third-order valence-electron chi connectivity index (χ3n) is 6.60. The van der Waals surface area contributed by atoms with Gasteiger partial charge >= 0.3 is 24.1 Å². The predicted octanol–water partition coefficient (Wildman–Crippen LogP) is 2.61. The molecular formula is C29H31NO11. The van der Waals surface area contributed by atoms with Crippen LogP contribution in [-0.4, -0.2) is 73.8 Å². The van der Waals surface area contributed by atoms with E-state index in [1.807, 2.05) is 48.5 Å². The van der Waals surface area contributed by atoms with Crippen molar-refractivity contribution in [1.29, 1.82) is 0 Å². The van der Waals surface area contributed by atoms with Crippen LogP contribution in [0, 0.1) is 0 Å². The second-order valence-corrected chi connectivity index (χ2v) is 9.63. The van der Waals surface area contributed by atoms with Crippen LogP contribution in [0.3, 0.4) is 0 Å². The molecule has 0 spiro atoms. The van der Waals surface area contributed by atoms with Crippen LogP contribution < -0.4 is 5.32 Å². The SMILES string of the molecule is CC(=O)N[C@H]1[C@@H](OC(C)=O)O[C@H](COC(=O)OCC2c3ccccc3-c3ccccc32)[C@@H](OC(C)=O)[C@@H]1OC(C)=O. The van der Waals surface area contributed by atoms with Crippen molar-refractivity contribution >= 4 is 30.0 Å². The molecule has 2 aromatic rings. The van der Waals surface area contributed by atoms with Gasteiger partial charge in [-0.05, 0) is 22.3 Å². The Morgan fingerprint density at radius 3 is 1.76 bits per heavy atom. The summed E-state index contributed by atoms with van der Waals surface area (Å²) in [4.78, 5) is 60.2. The van der Waals surface area contributed by atoms with E-state index >= 15 is 0 Å². The van der Waals surface area contributed by atoms with Crippen LogP contribution in [0.4, 0.5) is 4.79 Å². The van der Waals surface area contributed by atoms with Crippen LogP contribution in [0.15, 0.2) is 48.5 Å². The molecule has 41 heavy (non-hydrogen) atoms. The summed E-state index contributed by atoms with van der Waals surface area (Å²) in [5.41, 5.74) is 4.16. The Morgan fingerprint density at radius 2 is 1.22 bits per heavy atom. The van der Waals surface area contributed by atoms with Crippen LogP contribution in [0.1, 0.15) is 44.7 Å². The molecule has 1 heterocycles. The number of hydrogen-bond acceptors (Lipinski definition) is 11. The van der Waals surface area contributed by atoms with Crippen molar-refractivity contribution in [2.24, 2.45) is 0 Å². The van der Waals surface area contributed by atoms with Crippen molar-refractivity contribution in [3.63, 3.8) is 0 Å². The molecule has 12 heteroatoms. The third-order valence-corrected chi connectivity index (χ3v) is 6.60. The highest BCUT2D eigenvalue weighted by Crippen LogP contribution is 2.44. The minimum atomic E-state index is -1.45. The Hall–Kier alpha value is -4.45. The molecule has 1 saturated heterocycles. The maximum atomic E-state index is 12.7. The lowest BCUT2D eigenvalue weighted by atomic mass is 9.96. The van der Waals surface area contributed by atoms with Gasteiger partial charge in [0.15, 0.2) is 12.2 Å². The molecule has 0 aromatic heterocycles. The maximum Gasteiger partial charge on any atom is 0.508 e. The van der Waals surface area contributed by atoms with Gasteiger partial charge in [0.2, 0.25) is 12.2 Å². The fourth-order valence-corrected chi connectivity index (χ4v) is 5.14. The Kier molecular flexibility index (Phi) is 9.23. The van der Waals surface area contributed by atoms with Gasteiger partial charge in [-0.3, -0.25) is 19.2 Å². The van der Waals surface area contributed by atoms with Crippen LogP contribution in [0.25, 0.3) is 11.1 Å². The van der Waals surface area contributed by atoms with Gasteiger partial charge in [0.05, 0.1) is 0 Å². The van der Waals surface area contributed by atoms with Crippen LogP contribution in [-0.2, 0) is 47.6 Å². The number of rotatable bonds is 8. The third kappa shape index (κ3) is 7.01. The highest BCUT2D eigenvalue weighted by atomic mass is 16.7.